The quantitative estimate of drug-likeness (QED) is 0.611. The van der Waals surface area contributed by atoms with Crippen molar-refractivity contribution >= 4 is 11.6 Å². The largest absolute Gasteiger partial charge is 0.495 e. The highest BCUT2D eigenvalue weighted by molar-refractivity contribution is 6.17. The van der Waals surface area contributed by atoms with E-state index in [1.165, 1.54) is 0 Å². The second-order valence-electron chi connectivity index (χ2n) is 1.79. The number of methoxy groups -OCH3 is 1. The number of nitrogens with zero attached hydrogens (tertiary/aromatic N) is 1. The molecule has 0 atom stereocenters. The average Bonchev–Trinajstić information content (AvgIpc) is 2.04. The molecule has 10 heavy (non-hydrogen) atoms. The monoisotopic (exact) mass is 157 g/mol. The van der Waals surface area contributed by atoms with Crippen molar-refractivity contribution in [3.63, 3.8) is 0 Å². The molecule has 1 rings (SSSR count). The van der Waals surface area contributed by atoms with E-state index in [0.717, 1.165) is 11.4 Å². The van der Waals surface area contributed by atoms with E-state index in [-0.39, 0.29) is 0 Å². The van der Waals surface area contributed by atoms with Crippen LogP contribution in [0, 0.1) is 0 Å². The first-order valence-corrected chi connectivity index (χ1v) is 3.45. The molecule has 0 fully saturated rings. The minimum atomic E-state index is 0.393. The molecule has 0 saturated carbocycles. The number of alkyl halides is 1. The first kappa shape index (κ1) is 7.35. The molecule has 0 bridgehead atoms. The Morgan fingerprint density at radius 1 is 1.70 bits per heavy atom. The first-order valence-electron chi connectivity index (χ1n) is 2.92. The number of pyridine rings is 1. The second-order valence-corrected chi connectivity index (χ2v) is 2.05. The fraction of sp³-hybridized carbons (Fsp3) is 0.286. The first-order chi connectivity index (χ1) is 4.88. The molecule has 0 aromatic carbocycles. The summed E-state index contributed by atoms with van der Waals surface area (Å²) in [6.45, 7) is 0. The molecule has 0 aliphatic rings. The Balaban J connectivity index is 2.96. The van der Waals surface area contributed by atoms with Crippen molar-refractivity contribution in [2.45, 2.75) is 5.88 Å². The molecule has 0 amide bonds. The maximum atomic E-state index is 5.57. The zero-order valence-corrected chi connectivity index (χ0v) is 6.43. The Hall–Kier alpha value is -0.760. The average molecular weight is 158 g/mol. The van der Waals surface area contributed by atoms with E-state index in [4.69, 9.17) is 16.3 Å². The van der Waals surface area contributed by atoms with Gasteiger partial charge in [0.2, 0.25) is 0 Å². The van der Waals surface area contributed by atoms with Crippen LogP contribution in [-0.2, 0) is 5.88 Å². The van der Waals surface area contributed by atoms with E-state index in [2.05, 4.69) is 4.98 Å². The van der Waals surface area contributed by atoms with Crippen LogP contribution in [0.3, 0.4) is 0 Å². The SMILES string of the molecule is COc1cccnc1CCl. The van der Waals surface area contributed by atoms with Crippen molar-refractivity contribution < 1.29 is 4.74 Å². The van der Waals surface area contributed by atoms with Crippen LogP contribution in [-0.4, -0.2) is 12.1 Å². The van der Waals surface area contributed by atoms with Gasteiger partial charge in [-0.3, -0.25) is 4.98 Å². The molecule has 0 N–H and O–H groups in total. The molecular formula is C7H8ClNO. The molecule has 54 valence electrons. The van der Waals surface area contributed by atoms with Crippen LogP contribution in [0.4, 0.5) is 0 Å². The molecular weight excluding hydrogens is 150 g/mol. The van der Waals surface area contributed by atoms with Crippen LogP contribution < -0.4 is 4.74 Å². The minimum Gasteiger partial charge on any atom is -0.495 e. The molecule has 3 heteroatoms. The standard InChI is InChI=1S/C7H8ClNO/c1-10-7-3-2-4-9-6(7)5-8/h2-4H,5H2,1H3. The van der Waals surface area contributed by atoms with E-state index in [1.807, 2.05) is 12.1 Å². The van der Waals surface area contributed by atoms with Gasteiger partial charge in [0.25, 0.3) is 0 Å². The predicted octanol–water partition coefficient (Wildman–Crippen LogP) is 1.83. The van der Waals surface area contributed by atoms with Crippen LogP contribution in [0.1, 0.15) is 5.69 Å². The van der Waals surface area contributed by atoms with Crippen LogP contribution in [0.2, 0.25) is 0 Å². The molecule has 0 spiro atoms. The molecule has 1 aromatic heterocycles. The summed E-state index contributed by atoms with van der Waals surface area (Å²) in [5.74, 6) is 1.14. The highest BCUT2D eigenvalue weighted by Crippen LogP contribution is 2.15. The summed E-state index contributed by atoms with van der Waals surface area (Å²) >= 11 is 5.57. The topological polar surface area (TPSA) is 22.1 Å². The summed E-state index contributed by atoms with van der Waals surface area (Å²) in [6.07, 6.45) is 1.69. The zero-order chi connectivity index (χ0) is 7.40. The molecule has 0 aliphatic heterocycles. The zero-order valence-electron chi connectivity index (χ0n) is 5.67. The van der Waals surface area contributed by atoms with Crippen molar-refractivity contribution in [2.24, 2.45) is 0 Å². The van der Waals surface area contributed by atoms with Crippen molar-refractivity contribution in [3.05, 3.63) is 24.0 Å². The van der Waals surface area contributed by atoms with Crippen molar-refractivity contribution in [1.29, 1.82) is 0 Å². The van der Waals surface area contributed by atoms with Gasteiger partial charge >= 0.3 is 0 Å². The van der Waals surface area contributed by atoms with Gasteiger partial charge in [-0.05, 0) is 12.1 Å². The summed E-state index contributed by atoms with van der Waals surface area (Å²) in [5, 5.41) is 0. The highest BCUT2D eigenvalue weighted by Gasteiger charge is 1.98. The Labute approximate surface area is 64.8 Å². The third-order valence-electron chi connectivity index (χ3n) is 1.19. The maximum absolute atomic E-state index is 5.57. The normalized spacial score (nSPS) is 9.40. The van der Waals surface area contributed by atoms with Gasteiger partial charge in [0.1, 0.15) is 5.75 Å². The van der Waals surface area contributed by atoms with E-state index < -0.39 is 0 Å². The summed E-state index contributed by atoms with van der Waals surface area (Å²) in [4.78, 5) is 4.01. The Morgan fingerprint density at radius 3 is 3.00 bits per heavy atom. The molecule has 0 radical (unpaired) electrons. The summed E-state index contributed by atoms with van der Waals surface area (Å²) in [5.41, 5.74) is 0.784. The van der Waals surface area contributed by atoms with Gasteiger partial charge < -0.3 is 4.74 Å². The summed E-state index contributed by atoms with van der Waals surface area (Å²) in [7, 11) is 1.60. The van der Waals surface area contributed by atoms with Gasteiger partial charge in [-0.2, -0.15) is 0 Å². The van der Waals surface area contributed by atoms with E-state index in [9.17, 15) is 0 Å². The van der Waals surface area contributed by atoms with Crippen LogP contribution >= 0.6 is 11.6 Å². The van der Waals surface area contributed by atoms with Crippen LogP contribution in [0.25, 0.3) is 0 Å². The Bertz CT molecular complexity index is 192. The van der Waals surface area contributed by atoms with Gasteiger partial charge in [-0.1, -0.05) is 0 Å². The van der Waals surface area contributed by atoms with Gasteiger partial charge in [-0.25, -0.2) is 0 Å². The molecule has 1 aromatic rings. The van der Waals surface area contributed by atoms with Crippen molar-refractivity contribution in [3.8, 4) is 5.75 Å². The van der Waals surface area contributed by atoms with E-state index in [1.54, 1.807) is 13.3 Å². The number of rotatable bonds is 2. The fourth-order valence-electron chi connectivity index (χ4n) is 0.709. The molecule has 0 aliphatic carbocycles. The van der Waals surface area contributed by atoms with Gasteiger partial charge in [0.05, 0.1) is 18.7 Å². The number of hydrogen-bond donors (Lipinski definition) is 0. The fourth-order valence-corrected chi connectivity index (χ4v) is 0.910. The van der Waals surface area contributed by atoms with Gasteiger partial charge in [0.15, 0.2) is 0 Å². The van der Waals surface area contributed by atoms with Crippen LogP contribution in [0.5, 0.6) is 5.75 Å². The lowest BCUT2D eigenvalue weighted by Crippen LogP contribution is -1.91. The van der Waals surface area contributed by atoms with Crippen LogP contribution in [0.15, 0.2) is 18.3 Å². The van der Waals surface area contributed by atoms with Gasteiger partial charge in [-0.15, -0.1) is 11.6 Å². The third kappa shape index (κ3) is 1.39. The van der Waals surface area contributed by atoms with E-state index >= 15 is 0 Å². The minimum absolute atomic E-state index is 0.393. The number of aromatic nitrogens is 1. The number of hydrogen-bond acceptors (Lipinski definition) is 2. The smallest absolute Gasteiger partial charge is 0.141 e. The lowest BCUT2D eigenvalue weighted by Gasteiger charge is -2.01. The van der Waals surface area contributed by atoms with Crippen molar-refractivity contribution in [2.75, 3.05) is 7.11 Å². The highest BCUT2D eigenvalue weighted by atomic mass is 35.5. The summed E-state index contributed by atoms with van der Waals surface area (Å²) < 4.78 is 4.99. The third-order valence-corrected chi connectivity index (χ3v) is 1.45. The maximum Gasteiger partial charge on any atom is 0.141 e. The Kier molecular flexibility index (Phi) is 2.51. The van der Waals surface area contributed by atoms with Crippen molar-refractivity contribution in [1.82, 2.24) is 4.98 Å². The lowest BCUT2D eigenvalue weighted by atomic mass is 10.3. The molecule has 2 nitrogen and oxygen atoms in total. The summed E-state index contributed by atoms with van der Waals surface area (Å²) in [6, 6.07) is 3.65. The predicted molar refractivity (Wildman–Crippen MR) is 40.3 cm³/mol. The van der Waals surface area contributed by atoms with Gasteiger partial charge in [0, 0.05) is 6.20 Å². The number of halogens is 1. The Morgan fingerprint density at radius 2 is 2.50 bits per heavy atom. The second kappa shape index (κ2) is 3.42. The molecule has 0 saturated heterocycles. The molecule has 0 unspecified atom stereocenters. The number of ether oxygens (including phenoxy) is 1. The molecule has 1 heterocycles. The lowest BCUT2D eigenvalue weighted by molar-refractivity contribution is 0.408. The van der Waals surface area contributed by atoms with E-state index in [0.29, 0.717) is 5.88 Å².